The molecular weight excluding hydrogens is 404 g/mol. The fraction of sp³-hybridized carbons (Fsp3) is 0.238. The number of urea groups is 1. The van der Waals surface area contributed by atoms with Crippen molar-refractivity contribution >= 4 is 45.9 Å². The van der Waals surface area contributed by atoms with E-state index in [1.807, 2.05) is 38.1 Å². The van der Waals surface area contributed by atoms with Gasteiger partial charge < -0.3 is 21.7 Å². The maximum Gasteiger partial charge on any atom is 0.319 e. The zero-order chi connectivity index (χ0) is 21.7. The van der Waals surface area contributed by atoms with E-state index in [1.165, 1.54) is 0 Å². The van der Waals surface area contributed by atoms with Gasteiger partial charge in [0.1, 0.15) is 11.9 Å². The second-order valence-electron chi connectivity index (χ2n) is 7.09. The number of hydrogen-bond donors (Lipinski definition) is 4. The number of nitrogens with zero attached hydrogens (tertiary/aromatic N) is 2. The zero-order valence-corrected chi connectivity index (χ0v) is 17.4. The Morgan fingerprint density at radius 3 is 2.43 bits per heavy atom. The quantitative estimate of drug-likeness (QED) is 0.460. The van der Waals surface area contributed by atoms with E-state index >= 15 is 0 Å². The van der Waals surface area contributed by atoms with Crippen LogP contribution < -0.4 is 21.7 Å². The first-order valence-corrected chi connectivity index (χ1v) is 9.83. The SMILES string of the molecule is CC(C)[C@H](Nc1nc(CNC(=O)Nc2ccc(Cl)cc2)nc2ccccc12)C(N)=O. The maximum absolute atomic E-state index is 12.2. The largest absolute Gasteiger partial charge is 0.368 e. The van der Waals surface area contributed by atoms with Crippen LogP contribution in [0.15, 0.2) is 48.5 Å². The molecule has 0 bridgehead atoms. The van der Waals surface area contributed by atoms with E-state index in [0.29, 0.717) is 27.9 Å². The van der Waals surface area contributed by atoms with Gasteiger partial charge in [0.05, 0.1) is 12.1 Å². The van der Waals surface area contributed by atoms with E-state index in [0.717, 1.165) is 5.39 Å². The molecule has 8 nitrogen and oxygen atoms in total. The van der Waals surface area contributed by atoms with Crippen LogP contribution in [0.25, 0.3) is 10.9 Å². The highest BCUT2D eigenvalue weighted by atomic mass is 35.5. The molecule has 3 aromatic rings. The number of benzene rings is 2. The highest BCUT2D eigenvalue weighted by Gasteiger charge is 2.21. The fourth-order valence-electron chi connectivity index (χ4n) is 2.90. The molecule has 0 radical (unpaired) electrons. The summed E-state index contributed by atoms with van der Waals surface area (Å²) < 4.78 is 0. The summed E-state index contributed by atoms with van der Waals surface area (Å²) in [6.45, 7) is 3.90. The van der Waals surface area contributed by atoms with Gasteiger partial charge in [-0.3, -0.25) is 4.79 Å². The lowest BCUT2D eigenvalue weighted by Crippen LogP contribution is -2.40. The van der Waals surface area contributed by atoms with E-state index < -0.39 is 18.0 Å². The van der Waals surface area contributed by atoms with Crippen LogP contribution in [0.4, 0.5) is 16.3 Å². The number of rotatable bonds is 7. The molecule has 156 valence electrons. The molecule has 30 heavy (non-hydrogen) atoms. The third-order valence-electron chi connectivity index (χ3n) is 4.42. The number of hydrogen-bond acceptors (Lipinski definition) is 5. The molecule has 0 spiro atoms. The number of para-hydroxylation sites is 1. The Morgan fingerprint density at radius 2 is 1.77 bits per heavy atom. The van der Waals surface area contributed by atoms with Crippen LogP contribution in [0.1, 0.15) is 19.7 Å². The molecule has 1 heterocycles. The Morgan fingerprint density at radius 1 is 1.07 bits per heavy atom. The van der Waals surface area contributed by atoms with Crippen LogP contribution in [0.3, 0.4) is 0 Å². The summed E-state index contributed by atoms with van der Waals surface area (Å²) in [4.78, 5) is 33.0. The lowest BCUT2D eigenvalue weighted by molar-refractivity contribution is -0.119. The number of primary amides is 1. The second-order valence-corrected chi connectivity index (χ2v) is 7.52. The van der Waals surface area contributed by atoms with Crippen molar-refractivity contribution in [2.24, 2.45) is 11.7 Å². The summed E-state index contributed by atoms with van der Waals surface area (Å²) in [5.74, 6) is 0.403. The van der Waals surface area contributed by atoms with Gasteiger partial charge in [0, 0.05) is 16.1 Å². The van der Waals surface area contributed by atoms with Crippen LogP contribution in [0.2, 0.25) is 5.02 Å². The van der Waals surface area contributed by atoms with Crippen molar-refractivity contribution in [3.8, 4) is 0 Å². The van der Waals surface area contributed by atoms with Crippen LogP contribution in [0, 0.1) is 5.92 Å². The Labute approximate surface area is 179 Å². The Bertz CT molecular complexity index is 1060. The van der Waals surface area contributed by atoms with Crippen molar-refractivity contribution in [2.45, 2.75) is 26.4 Å². The normalized spacial score (nSPS) is 11.9. The first-order valence-electron chi connectivity index (χ1n) is 9.45. The van der Waals surface area contributed by atoms with Crippen molar-refractivity contribution in [3.63, 3.8) is 0 Å². The van der Waals surface area contributed by atoms with Gasteiger partial charge in [0.15, 0.2) is 5.82 Å². The number of fused-ring (bicyclic) bond motifs is 1. The minimum atomic E-state index is -0.586. The number of halogens is 1. The first-order chi connectivity index (χ1) is 14.3. The number of aromatic nitrogens is 2. The third-order valence-corrected chi connectivity index (χ3v) is 4.68. The van der Waals surface area contributed by atoms with Crippen molar-refractivity contribution in [2.75, 3.05) is 10.6 Å². The molecule has 3 amide bonds. The minimum Gasteiger partial charge on any atom is -0.368 e. The topological polar surface area (TPSA) is 122 Å². The molecule has 0 saturated carbocycles. The average Bonchev–Trinajstić information content (AvgIpc) is 2.71. The van der Waals surface area contributed by atoms with Crippen LogP contribution in [0.5, 0.6) is 0 Å². The molecule has 3 rings (SSSR count). The highest BCUT2D eigenvalue weighted by molar-refractivity contribution is 6.30. The van der Waals surface area contributed by atoms with Gasteiger partial charge in [-0.05, 0) is 42.3 Å². The summed E-state index contributed by atoms with van der Waals surface area (Å²) in [7, 11) is 0. The summed E-state index contributed by atoms with van der Waals surface area (Å²) in [5.41, 5.74) is 6.83. The molecule has 0 aliphatic heterocycles. The molecule has 0 aliphatic rings. The zero-order valence-electron chi connectivity index (χ0n) is 16.6. The van der Waals surface area contributed by atoms with E-state index in [4.69, 9.17) is 17.3 Å². The van der Waals surface area contributed by atoms with E-state index in [-0.39, 0.29) is 12.5 Å². The average molecular weight is 427 g/mol. The van der Waals surface area contributed by atoms with Crippen molar-refractivity contribution in [1.82, 2.24) is 15.3 Å². The summed E-state index contributed by atoms with van der Waals surface area (Å²) in [6.07, 6.45) is 0. The van der Waals surface area contributed by atoms with Crippen molar-refractivity contribution in [3.05, 3.63) is 59.4 Å². The molecular formula is C21H23ClN6O2. The lowest BCUT2D eigenvalue weighted by Gasteiger charge is -2.21. The Balaban J connectivity index is 1.78. The Kier molecular flexibility index (Phi) is 6.68. The minimum absolute atomic E-state index is 0.0250. The summed E-state index contributed by atoms with van der Waals surface area (Å²) in [5, 5.41) is 9.91. The van der Waals surface area contributed by atoms with Crippen LogP contribution in [-0.2, 0) is 11.3 Å². The predicted octanol–water partition coefficient (Wildman–Crippen LogP) is 3.53. The second kappa shape index (κ2) is 9.41. The highest BCUT2D eigenvalue weighted by Crippen LogP contribution is 2.22. The Hall–Kier alpha value is -3.39. The molecule has 0 fully saturated rings. The standard InChI is InChI=1S/C21H23ClN6O2/c1-12(2)18(19(23)29)28-20-15-5-3-4-6-16(15)26-17(27-20)11-24-21(30)25-14-9-7-13(22)8-10-14/h3-10,12,18H,11H2,1-2H3,(H2,23,29)(H2,24,25,30)(H,26,27,28)/t18-/m0/s1. The molecule has 5 N–H and O–H groups in total. The summed E-state index contributed by atoms with van der Waals surface area (Å²) >= 11 is 5.85. The van der Waals surface area contributed by atoms with E-state index in [9.17, 15) is 9.59 Å². The molecule has 1 atom stereocenters. The smallest absolute Gasteiger partial charge is 0.319 e. The molecule has 0 unspecified atom stereocenters. The predicted molar refractivity (Wildman–Crippen MR) is 118 cm³/mol. The maximum atomic E-state index is 12.2. The van der Waals surface area contributed by atoms with Gasteiger partial charge in [-0.25, -0.2) is 14.8 Å². The van der Waals surface area contributed by atoms with Crippen LogP contribution >= 0.6 is 11.6 Å². The molecule has 1 aromatic heterocycles. The molecule has 2 aromatic carbocycles. The molecule has 0 saturated heterocycles. The van der Waals surface area contributed by atoms with Gasteiger partial charge in [-0.15, -0.1) is 0 Å². The van der Waals surface area contributed by atoms with Crippen molar-refractivity contribution < 1.29 is 9.59 Å². The molecule has 9 heteroatoms. The van der Waals surface area contributed by atoms with E-state index in [1.54, 1.807) is 24.3 Å². The monoisotopic (exact) mass is 426 g/mol. The number of anilines is 2. The number of amides is 3. The number of nitrogens with one attached hydrogen (secondary N) is 3. The number of carbonyl (C=O) groups excluding carboxylic acids is 2. The van der Waals surface area contributed by atoms with Crippen molar-refractivity contribution in [1.29, 1.82) is 0 Å². The van der Waals surface area contributed by atoms with Gasteiger partial charge in [0.2, 0.25) is 5.91 Å². The van der Waals surface area contributed by atoms with E-state index in [2.05, 4.69) is 25.9 Å². The van der Waals surface area contributed by atoms with Gasteiger partial charge in [0.25, 0.3) is 0 Å². The molecule has 0 aliphatic carbocycles. The lowest BCUT2D eigenvalue weighted by atomic mass is 10.0. The van der Waals surface area contributed by atoms with Gasteiger partial charge >= 0.3 is 6.03 Å². The van der Waals surface area contributed by atoms with Gasteiger partial charge in [-0.2, -0.15) is 0 Å². The number of nitrogens with two attached hydrogens (primary N) is 1. The third kappa shape index (κ3) is 5.36. The van der Waals surface area contributed by atoms with Crippen LogP contribution in [-0.4, -0.2) is 27.9 Å². The summed E-state index contributed by atoms with van der Waals surface area (Å²) in [6, 6.07) is 13.2. The fourth-order valence-corrected chi connectivity index (χ4v) is 3.02. The van der Waals surface area contributed by atoms with Gasteiger partial charge in [-0.1, -0.05) is 37.6 Å². The number of carbonyl (C=O) groups is 2. The first kappa shape index (κ1) is 21.3.